The molecule has 0 amide bonds. The van der Waals surface area contributed by atoms with Gasteiger partial charge in [0.25, 0.3) is 0 Å². The molecule has 5 aromatic carbocycles. The second-order valence-corrected chi connectivity index (χ2v) is 17.7. The molecule has 0 saturated carbocycles. The molecule has 0 spiro atoms. The van der Waals surface area contributed by atoms with E-state index in [0.717, 1.165) is 55.8 Å². The summed E-state index contributed by atoms with van der Waals surface area (Å²) in [4.78, 5) is 45.4. The van der Waals surface area contributed by atoms with Gasteiger partial charge in [-0.05, 0) is 29.0 Å². The van der Waals surface area contributed by atoms with Crippen molar-refractivity contribution in [2.75, 3.05) is 0 Å². The van der Waals surface area contributed by atoms with Crippen LogP contribution in [-0.2, 0) is 16.2 Å². The summed E-state index contributed by atoms with van der Waals surface area (Å²) < 4.78 is 0. The Morgan fingerprint density at radius 2 is 0.672 bits per heavy atom. The number of rotatable bonds is 6. The van der Waals surface area contributed by atoms with Gasteiger partial charge < -0.3 is 0 Å². The maximum Gasteiger partial charge on any atom is 0.164 e. The number of nitrogens with zero attached hydrogens (tertiary/aromatic N) is 9. The normalized spacial score (nSPS) is 12.2. The van der Waals surface area contributed by atoms with Gasteiger partial charge in [0.1, 0.15) is 17.5 Å². The summed E-state index contributed by atoms with van der Waals surface area (Å²) in [5.41, 5.74) is 4.31. The monoisotopic (exact) mass is 761 g/mol. The van der Waals surface area contributed by atoms with Crippen LogP contribution in [0.4, 0.5) is 0 Å². The summed E-state index contributed by atoms with van der Waals surface area (Å²) in [6, 6.07) is 40.7. The van der Waals surface area contributed by atoms with Crippen LogP contribution in [0.25, 0.3) is 79.1 Å². The van der Waals surface area contributed by atoms with Crippen molar-refractivity contribution in [2.45, 2.75) is 78.6 Å². The van der Waals surface area contributed by atoms with E-state index in [1.165, 1.54) is 0 Å². The van der Waals surface area contributed by atoms with Gasteiger partial charge >= 0.3 is 0 Å². The van der Waals surface area contributed by atoms with Gasteiger partial charge in [0.05, 0.1) is 0 Å². The van der Waals surface area contributed by atoms with Crippen LogP contribution in [0.1, 0.15) is 79.8 Å². The van der Waals surface area contributed by atoms with Crippen LogP contribution in [0.2, 0.25) is 0 Å². The zero-order valence-corrected chi connectivity index (χ0v) is 34.6. The molecule has 0 atom stereocenters. The first-order valence-electron chi connectivity index (χ1n) is 19.6. The van der Waals surface area contributed by atoms with Crippen molar-refractivity contribution < 1.29 is 0 Å². The minimum Gasteiger partial charge on any atom is -0.217 e. The van der Waals surface area contributed by atoms with E-state index in [4.69, 9.17) is 44.9 Å². The van der Waals surface area contributed by atoms with Gasteiger partial charge in [-0.1, -0.05) is 165 Å². The van der Waals surface area contributed by atoms with Crippen molar-refractivity contribution in [1.82, 2.24) is 44.9 Å². The minimum atomic E-state index is -0.312. The molecule has 58 heavy (non-hydrogen) atoms. The second-order valence-electron chi connectivity index (χ2n) is 17.7. The van der Waals surface area contributed by atoms with Crippen molar-refractivity contribution in [1.29, 1.82) is 0 Å². The maximum absolute atomic E-state index is 5.23. The first-order valence-corrected chi connectivity index (χ1v) is 19.6. The van der Waals surface area contributed by atoms with Gasteiger partial charge in [0.2, 0.25) is 0 Å². The summed E-state index contributed by atoms with van der Waals surface area (Å²) >= 11 is 0. The van der Waals surface area contributed by atoms with Crippen molar-refractivity contribution in [3.8, 4) is 68.3 Å². The van der Waals surface area contributed by atoms with Crippen LogP contribution in [0, 0.1) is 0 Å². The second kappa shape index (κ2) is 14.7. The van der Waals surface area contributed by atoms with E-state index < -0.39 is 0 Å². The summed E-state index contributed by atoms with van der Waals surface area (Å²) in [7, 11) is 0. The lowest BCUT2D eigenvalue weighted by Gasteiger charge is -2.22. The largest absolute Gasteiger partial charge is 0.217 e. The fraction of sp³-hybridized carbons (Fsp3) is 0.245. The van der Waals surface area contributed by atoms with Crippen LogP contribution in [-0.4, -0.2) is 44.9 Å². The summed E-state index contributed by atoms with van der Waals surface area (Å²) in [6.07, 6.45) is 0. The highest BCUT2D eigenvalue weighted by Gasteiger charge is 2.26. The molecule has 0 aliphatic heterocycles. The standard InChI is InChI=1S/C49H47N9/c1-47(2,3)44-54-39(31-21-14-11-15-22-31)51-42(57-44)35-27-32-23-16-17-26-36(32)37(29-35)43-52-38(30-19-12-10-13-20-30)50-40(53-43)33-24-18-25-34(28-33)41-55-45(48(4,5)6)58-46(56-41)49(7,8)9/h10-29H,1-9H3. The highest BCUT2D eigenvalue weighted by molar-refractivity contribution is 5.98. The van der Waals surface area contributed by atoms with Gasteiger partial charge in [0.15, 0.2) is 34.9 Å². The molecule has 0 fully saturated rings. The average Bonchev–Trinajstić information content (AvgIpc) is 3.22. The van der Waals surface area contributed by atoms with Gasteiger partial charge in [-0.25, -0.2) is 44.9 Å². The predicted molar refractivity (Wildman–Crippen MR) is 233 cm³/mol. The van der Waals surface area contributed by atoms with Gasteiger partial charge in [-0.3, -0.25) is 0 Å². The van der Waals surface area contributed by atoms with Crippen molar-refractivity contribution in [3.63, 3.8) is 0 Å². The molecule has 3 aromatic heterocycles. The molecular weight excluding hydrogens is 715 g/mol. The highest BCUT2D eigenvalue weighted by Crippen LogP contribution is 2.36. The number of fused-ring (bicyclic) bond motifs is 1. The predicted octanol–water partition coefficient (Wildman–Crippen LogP) is 11.3. The molecule has 8 aromatic rings. The molecular formula is C49H47N9. The van der Waals surface area contributed by atoms with E-state index in [1.54, 1.807) is 0 Å². The summed E-state index contributed by atoms with van der Waals surface area (Å²) in [5.74, 6) is 5.65. The Morgan fingerprint density at radius 3 is 1.19 bits per heavy atom. The Kier molecular flexibility index (Phi) is 9.71. The zero-order valence-electron chi connectivity index (χ0n) is 34.6. The molecule has 0 saturated heterocycles. The van der Waals surface area contributed by atoms with E-state index in [-0.39, 0.29) is 16.2 Å². The SMILES string of the molecule is CC(C)(C)c1nc(-c2ccccc2)nc(-c2cc(-c3nc(-c4ccccc4)nc(-c4cccc(-c5nc(C(C)(C)C)nc(C(C)(C)C)n5)c4)n3)c3ccccc3c2)n1. The third kappa shape index (κ3) is 7.98. The van der Waals surface area contributed by atoms with E-state index in [9.17, 15) is 0 Å². The number of benzene rings is 5. The molecule has 0 radical (unpaired) electrons. The maximum atomic E-state index is 5.23. The fourth-order valence-electron chi connectivity index (χ4n) is 6.50. The molecule has 0 aliphatic carbocycles. The molecule has 288 valence electrons. The van der Waals surface area contributed by atoms with E-state index in [1.807, 2.05) is 91.0 Å². The molecule has 0 aliphatic rings. The third-order valence-electron chi connectivity index (χ3n) is 9.72. The lowest BCUT2D eigenvalue weighted by molar-refractivity contribution is 0.497. The van der Waals surface area contributed by atoms with Crippen LogP contribution in [0.5, 0.6) is 0 Å². The lowest BCUT2D eigenvalue weighted by atomic mass is 9.93. The first-order chi connectivity index (χ1) is 27.6. The van der Waals surface area contributed by atoms with Crippen LogP contribution < -0.4 is 0 Å². The number of aromatic nitrogens is 9. The molecule has 0 unspecified atom stereocenters. The smallest absolute Gasteiger partial charge is 0.164 e. The van der Waals surface area contributed by atoms with Crippen LogP contribution in [0.15, 0.2) is 121 Å². The van der Waals surface area contributed by atoms with Crippen LogP contribution >= 0.6 is 0 Å². The number of hydrogen-bond acceptors (Lipinski definition) is 9. The van der Waals surface area contributed by atoms with E-state index >= 15 is 0 Å². The molecule has 9 heteroatoms. The van der Waals surface area contributed by atoms with Gasteiger partial charge in [-0.2, -0.15) is 0 Å². The zero-order chi connectivity index (χ0) is 40.8. The topological polar surface area (TPSA) is 116 Å². The summed E-state index contributed by atoms with van der Waals surface area (Å²) in [6.45, 7) is 19.1. The third-order valence-corrected chi connectivity index (χ3v) is 9.72. The molecule has 9 nitrogen and oxygen atoms in total. The van der Waals surface area contributed by atoms with E-state index in [0.29, 0.717) is 40.8 Å². The Balaban J connectivity index is 1.33. The Hall–Kier alpha value is -6.61. The average molecular weight is 762 g/mol. The Bertz CT molecular complexity index is 2750. The highest BCUT2D eigenvalue weighted by atomic mass is 15.1. The van der Waals surface area contributed by atoms with Gasteiger partial charge in [-0.15, -0.1) is 0 Å². The quantitative estimate of drug-likeness (QED) is 0.163. The molecule has 3 heterocycles. The summed E-state index contributed by atoms with van der Waals surface area (Å²) in [5, 5.41) is 2.01. The van der Waals surface area contributed by atoms with Gasteiger partial charge in [0, 0.05) is 49.6 Å². The minimum absolute atomic E-state index is 0.265. The Labute approximate surface area is 340 Å². The fourth-order valence-corrected chi connectivity index (χ4v) is 6.50. The molecule has 8 rings (SSSR count). The van der Waals surface area contributed by atoms with Crippen molar-refractivity contribution in [2.24, 2.45) is 0 Å². The molecule has 0 N–H and O–H groups in total. The number of hydrogen-bond donors (Lipinski definition) is 0. The lowest BCUT2D eigenvalue weighted by Crippen LogP contribution is -2.24. The van der Waals surface area contributed by atoms with Crippen molar-refractivity contribution in [3.05, 3.63) is 139 Å². The van der Waals surface area contributed by atoms with E-state index in [2.05, 4.69) is 92.6 Å². The molecule has 0 bridgehead atoms. The Morgan fingerprint density at radius 1 is 0.293 bits per heavy atom. The first kappa shape index (κ1) is 38.3. The van der Waals surface area contributed by atoms with Crippen LogP contribution in [0.3, 0.4) is 0 Å². The van der Waals surface area contributed by atoms with Crippen molar-refractivity contribution >= 4 is 10.8 Å².